The van der Waals surface area contributed by atoms with E-state index in [1.165, 1.54) is 49.8 Å². The second-order valence-electron chi connectivity index (χ2n) is 6.06. The number of rotatable bonds is 6. The summed E-state index contributed by atoms with van der Waals surface area (Å²) in [5.41, 5.74) is 5.72. The molecule has 1 fully saturated rings. The van der Waals surface area contributed by atoms with Gasteiger partial charge < -0.3 is 16.0 Å². The molecule has 0 atom stereocenters. The lowest BCUT2D eigenvalue weighted by atomic mass is 10.1. The second kappa shape index (κ2) is 18.3. The van der Waals surface area contributed by atoms with Gasteiger partial charge in [-0.2, -0.15) is 0 Å². The molecule has 3 N–H and O–H groups in total. The van der Waals surface area contributed by atoms with Crippen LogP contribution in [0.15, 0.2) is 42.5 Å². The molecule has 5 heteroatoms. The summed E-state index contributed by atoms with van der Waals surface area (Å²) in [5, 5.41) is 3.05. The highest BCUT2D eigenvalue weighted by Crippen LogP contribution is 2.28. The van der Waals surface area contributed by atoms with E-state index in [1.54, 1.807) is 11.3 Å². The van der Waals surface area contributed by atoms with Gasteiger partial charge in [0, 0.05) is 22.8 Å². The first kappa shape index (κ1) is 27.3. The number of nitrogens with two attached hydrogens (primary N) is 1. The van der Waals surface area contributed by atoms with Gasteiger partial charge in [-0.3, -0.25) is 4.79 Å². The van der Waals surface area contributed by atoms with E-state index in [0.29, 0.717) is 6.42 Å². The van der Waals surface area contributed by atoms with Gasteiger partial charge in [-0.05, 0) is 50.7 Å². The smallest absolute Gasteiger partial charge is 0.225 e. The molecule has 1 amide bonds. The van der Waals surface area contributed by atoms with Gasteiger partial charge in [0.15, 0.2) is 0 Å². The molecule has 1 aliphatic rings. The lowest BCUT2D eigenvalue weighted by Gasteiger charge is -2.26. The maximum Gasteiger partial charge on any atom is 0.225 e. The number of hydrogen-bond acceptors (Lipinski definition) is 4. The van der Waals surface area contributed by atoms with Crippen LogP contribution in [0.1, 0.15) is 51.8 Å². The van der Waals surface area contributed by atoms with Gasteiger partial charge in [0.1, 0.15) is 0 Å². The van der Waals surface area contributed by atoms with Crippen LogP contribution in [0.3, 0.4) is 0 Å². The van der Waals surface area contributed by atoms with Crippen molar-refractivity contribution >= 4 is 17.2 Å². The first-order valence-electron chi connectivity index (χ1n) is 11.0. The molecule has 1 aromatic carbocycles. The molecule has 2 aromatic rings. The number of likely N-dealkylation sites (tertiary alicyclic amines) is 1. The number of amides is 1. The van der Waals surface area contributed by atoms with Gasteiger partial charge in [-0.15, -0.1) is 11.3 Å². The molecule has 0 saturated carbocycles. The molecule has 1 saturated heterocycles. The highest BCUT2D eigenvalue weighted by molar-refractivity contribution is 7.15. The molecular formula is C24H41N3OS. The van der Waals surface area contributed by atoms with Gasteiger partial charge in [0.25, 0.3) is 0 Å². The molecule has 2 heterocycles. The normalized spacial score (nSPS) is 12.9. The Morgan fingerprint density at radius 1 is 0.966 bits per heavy atom. The fourth-order valence-corrected chi connectivity index (χ4v) is 4.00. The molecule has 0 aliphatic carbocycles. The van der Waals surface area contributed by atoms with Crippen molar-refractivity contribution in [2.24, 2.45) is 5.73 Å². The highest BCUT2D eigenvalue weighted by Gasteiger charge is 2.11. The van der Waals surface area contributed by atoms with Gasteiger partial charge in [-0.1, -0.05) is 64.4 Å². The lowest BCUT2D eigenvalue weighted by molar-refractivity contribution is -0.120. The topological polar surface area (TPSA) is 58.4 Å². The zero-order valence-corrected chi connectivity index (χ0v) is 19.9. The first-order valence-corrected chi connectivity index (χ1v) is 11.8. The van der Waals surface area contributed by atoms with Crippen LogP contribution in [0, 0.1) is 0 Å². The molecule has 0 unspecified atom stereocenters. The summed E-state index contributed by atoms with van der Waals surface area (Å²) in [6.07, 6.45) is 4.43. The van der Waals surface area contributed by atoms with E-state index in [1.807, 2.05) is 45.9 Å². The standard InChI is InChI=1S/C19H24N2OS.2C2H6.CH5N/c22-19(20-11-14-21-12-5-2-6-13-21)15-17-9-10-18(23-17)16-7-3-1-4-8-16;3*1-2/h1,3-4,7-10H,2,5-6,11-15H2,(H,20,22);2*1-2H3;2H2,1H3. The highest BCUT2D eigenvalue weighted by atomic mass is 32.1. The fraction of sp³-hybridized carbons (Fsp3) is 0.542. The molecular weight excluding hydrogens is 378 g/mol. The number of carbonyl (C=O) groups excluding carboxylic acids is 1. The number of hydrogen-bond donors (Lipinski definition) is 2. The first-order chi connectivity index (χ1) is 14.3. The van der Waals surface area contributed by atoms with E-state index in [4.69, 9.17) is 0 Å². The Kier molecular flexibility index (Phi) is 17.3. The molecule has 0 bridgehead atoms. The van der Waals surface area contributed by atoms with Crippen molar-refractivity contribution in [3.8, 4) is 10.4 Å². The van der Waals surface area contributed by atoms with Crippen molar-refractivity contribution in [3.63, 3.8) is 0 Å². The van der Waals surface area contributed by atoms with Crippen molar-refractivity contribution in [3.05, 3.63) is 47.3 Å². The maximum absolute atomic E-state index is 12.1. The summed E-state index contributed by atoms with van der Waals surface area (Å²) in [7, 11) is 1.50. The number of piperidine rings is 1. The Morgan fingerprint density at radius 3 is 2.21 bits per heavy atom. The van der Waals surface area contributed by atoms with Crippen molar-refractivity contribution < 1.29 is 4.79 Å². The quantitative estimate of drug-likeness (QED) is 0.678. The minimum atomic E-state index is 0.128. The molecule has 3 rings (SSSR count). The predicted octanol–water partition coefficient (Wildman–Crippen LogP) is 5.19. The van der Waals surface area contributed by atoms with Crippen molar-refractivity contribution in [2.75, 3.05) is 33.2 Å². The largest absolute Gasteiger partial charge is 0.355 e. The minimum absolute atomic E-state index is 0.128. The van der Waals surface area contributed by atoms with E-state index >= 15 is 0 Å². The number of benzene rings is 1. The molecule has 1 aliphatic heterocycles. The molecule has 0 spiro atoms. The van der Waals surface area contributed by atoms with Gasteiger partial charge >= 0.3 is 0 Å². The summed E-state index contributed by atoms with van der Waals surface area (Å²) < 4.78 is 0. The Hall–Kier alpha value is -1.69. The summed E-state index contributed by atoms with van der Waals surface area (Å²) in [4.78, 5) is 16.9. The lowest BCUT2D eigenvalue weighted by Crippen LogP contribution is -2.38. The van der Waals surface area contributed by atoms with Gasteiger partial charge in [0.05, 0.1) is 6.42 Å². The minimum Gasteiger partial charge on any atom is -0.355 e. The average molecular weight is 420 g/mol. The zero-order chi connectivity index (χ0) is 21.9. The fourth-order valence-electron chi connectivity index (χ4n) is 2.99. The Morgan fingerprint density at radius 2 is 1.59 bits per heavy atom. The molecule has 1 aromatic heterocycles. The Bertz CT molecular complexity index is 622. The number of nitrogens with zero attached hydrogens (tertiary/aromatic N) is 1. The van der Waals surface area contributed by atoms with Crippen LogP contribution >= 0.6 is 11.3 Å². The number of thiophene rings is 1. The molecule has 164 valence electrons. The van der Waals surface area contributed by atoms with Crippen LogP contribution in [0.25, 0.3) is 10.4 Å². The van der Waals surface area contributed by atoms with E-state index in [-0.39, 0.29) is 5.91 Å². The van der Waals surface area contributed by atoms with Crippen LogP contribution in [0.5, 0.6) is 0 Å². The van der Waals surface area contributed by atoms with Gasteiger partial charge in [0.2, 0.25) is 5.91 Å². The zero-order valence-electron chi connectivity index (χ0n) is 19.0. The third kappa shape index (κ3) is 11.2. The summed E-state index contributed by atoms with van der Waals surface area (Å²) >= 11 is 1.70. The molecule has 4 nitrogen and oxygen atoms in total. The van der Waals surface area contributed by atoms with Gasteiger partial charge in [-0.25, -0.2) is 0 Å². The Labute approximate surface area is 182 Å². The van der Waals surface area contributed by atoms with E-state index in [2.05, 4.69) is 40.2 Å². The average Bonchev–Trinajstić information content (AvgIpc) is 3.28. The summed E-state index contributed by atoms with van der Waals surface area (Å²) in [6, 6.07) is 14.5. The molecule has 0 radical (unpaired) electrons. The van der Waals surface area contributed by atoms with Crippen LogP contribution in [0.4, 0.5) is 0 Å². The third-order valence-corrected chi connectivity index (χ3v) is 5.39. The van der Waals surface area contributed by atoms with E-state index in [9.17, 15) is 4.79 Å². The monoisotopic (exact) mass is 419 g/mol. The molecule has 29 heavy (non-hydrogen) atoms. The van der Waals surface area contributed by atoms with Crippen molar-refractivity contribution in [1.29, 1.82) is 0 Å². The summed E-state index contributed by atoms with van der Waals surface area (Å²) in [6.45, 7) is 12.1. The predicted molar refractivity (Wildman–Crippen MR) is 130 cm³/mol. The number of nitrogens with one attached hydrogen (secondary N) is 1. The second-order valence-corrected chi connectivity index (χ2v) is 7.23. The van der Waals surface area contributed by atoms with Crippen LogP contribution in [-0.4, -0.2) is 44.0 Å². The van der Waals surface area contributed by atoms with Crippen LogP contribution in [-0.2, 0) is 11.2 Å². The van der Waals surface area contributed by atoms with Crippen LogP contribution in [0.2, 0.25) is 0 Å². The van der Waals surface area contributed by atoms with Crippen molar-refractivity contribution in [1.82, 2.24) is 10.2 Å². The van der Waals surface area contributed by atoms with E-state index < -0.39 is 0 Å². The van der Waals surface area contributed by atoms with Crippen molar-refractivity contribution in [2.45, 2.75) is 53.4 Å². The summed E-state index contributed by atoms with van der Waals surface area (Å²) in [5.74, 6) is 0.128. The SMILES string of the molecule is CC.CC.CN.O=C(Cc1ccc(-c2ccccc2)s1)NCCN1CCCCC1. The maximum atomic E-state index is 12.1. The third-order valence-electron chi connectivity index (χ3n) is 4.25. The number of carbonyl (C=O) groups is 1. The van der Waals surface area contributed by atoms with E-state index in [0.717, 1.165) is 18.0 Å². The van der Waals surface area contributed by atoms with Crippen LogP contribution < -0.4 is 11.1 Å². The Balaban J connectivity index is 0.00000120.